The van der Waals surface area contributed by atoms with E-state index in [-0.39, 0.29) is 11.3 Å². The number of rotatable bonds is 4. The van der Waals surface area contributed by atoms with Crippen LogP contribution in [0.3, 0.4) is 0 Å². The number of carbonyl (C=O) groups excluding carboxylic acids is 2. The van der Waals surface area contributed by atoms with Crippen LogP contribution in [0, 0.1) is 5.82 Å². The number of allylic oxidation sites excluding steroid dienone is 2. The van der Waals surface area contributed by atoms with Crippen molar-refractivity contribution in [2.75, 3.05) is 30.2 Å². The largest absolute Gasteiger partial charge is 0.464 e. The van der Waals surface area contributed by atoms with E-state index in [2.05, 4.69) is 15.4 Å². The number of alkyl halides is 1. The van der Waals surface area contributed by atoms with Crippen LogP contribution in [0.5, 0.6) is 0 Å². The van der Waals surface area contributed by atoms with Gasteiger partial charge < -0.3 is 15.4 Å². The smallest absolute Gasteiger partial charge is 0.354 e. The molecule has 0 atom stereocenters. The van der Waals surface area contributed by atoms with Crippen molar-refractivity contribution in [3.05, 3.63) is 35.3 Å². The van der Waals surface area contributed by atoms with E-state index in [0.717, 1.165) is 0 Å². The lowest BCUT2D eigenvalue weighted by Crippen LogP contribution is -2.19. The number of hydrogen-bond donors (Lipinski definition) is 2. The molecule has 5 nitrogen and oxygen atoms in total. The first-order valence-electron chi connectivity index (χ1n) is 6.06. The van der Waals surface area contributed by atoms with Gasteiger partial charge in [-0.3, -0.25) is 0 Å². The molecule has 0 unspecified atom stereocenters. The highest BCUT2D eigenvalue weighted by Gasteiger charge is 2.23. The highest BCUT2D eigenvalue weighted by molar-refractivity contribution is 6.18. The molecule has 0 saturated carbocycles. The maximum atomic E-state index is 13.7. The number of carbonyl (C=O) groups is 1. The maximum Gasteiger partial charge on any atom is 0.354 e. The van der Waals surface area contributed by atoms with Crippen molar-refractivity contribution in [1.82, 2.24) is 0 Å². The predicted molar refractivity (Wildman–Crippen MR) is 78.4 cm³/mol. The zero-order chi connectivity index (χ0) is 15.4. The highest BCUT2D eigenvalue weighted by atomic mass is 35.5. The van der Waals surface area contributed by atoms with E-state index in [1.165, 1.54) is 25.3 Å². The summed E-state index contributed by atoms with van der Waals surface area (Å²) in [6.07, 6.45) is 1.27. The van der Waals surface area contributed by atoms with Gasteiger partial charge >= 0.3 is 5.97 Å². The Balaban J connectivity index is 2.53. The third kappa shape index (κ3) is 3.07. The van der Waals surface area contributed by atoms with Gasteiger partial charge in [0, 0.05) is 18.0 Å². The molecule has 1 aliphatic rings. The average molecular weight is 311 g/mol. The summed E-state index contributed by atoms with van der Waals surface area (Å²) in [5.74, 6) is 0.866. The number of benzene rings is 1. The third-order valence-corrected chi connectivity index (χ3v) is 3.06. The number of methoxy groups -OCH3 is 1. The number of nitrogens with one attached hydrogen (secondary N) is 2. The SMILES string of the molecule is COC(=O)C1=CC(=C=O)c2cc(F)cc(NCCCl)c2N1. The molecule has 21 heavy (non-hydrogen) atoms. The predicted octanol–water partition coefficient (Wildman–Crippen LogP) is 2.17. The molecule has 0 aromatic heterocycles. The molecule has 1 aromatic carbocycles. The quantitative estimate of drug-likeness (QED) is 0.507. The molecule has 0 aliphatic carbocycles. The Morgan fingerprint density at radius 1 is 1.52 bits per heavy atom. The minimum atomic E-state index is -0.638. The van der Waals surface area contributed by atoms with Crippen LogP contribution in [0.2, 0.25) is 0 Å². The fourth-order valence-corrected chi connectivity index (χ4v) is 2.07. The number of ether oxygens (including phenoxy) is 1. The van der Waals surface area contributed by atoms with Crippen molar-refractivity contribution in [2.45, 2.75) is 0 Å². The van der Waals surface area contributed by atoms with Crippen LogP contribution in [0.15, 0.2) is 23.9 Å². The summed E-state index contributed by atoms with van der Waals surface area (Å²) < 4.78 is 18.3. The topological polar surface area (TPSA) is 67.4 Å². The molecule has 0 bridgehead atoms. The van der Waals surface area contributed by atoms with Crippen molar-refractivity contribution in [3.63, 3.8) is 0 Å². The number of esters is 1. The summed E-state index contributed by atoms with van der Waals surface area (Å²) in [6.45, 7) is 0.399. The second-order valence-corrected chi connectivity index (χ2v) is 4.56. The van der Waals surface area contributed by atoms with E-state index >= 15 is 0 Å². The van der Waals surface area contributed by atoms with Crippen LogP contribution in [0.4, 0.5) is 15.8 Å². The van der Waals surface area contributed by atoms with Gasteiger partial charge in [0.25, 0.3) is 0 Å². The number of anilines is 2. The number of hydrogen-bond acceptors (Lipinski definition) is 5. The van der Waals surface area contributed by atoms with Gasteiger partial charge in [-0.2, -0.15) is 0 Å². The van der Waals surface area contributed by atoms with E-state index in [0.29, 0.717) is 29.4 Å². The molecular weight excluding hydrogens is 299 g/mol. The van der Waals surface area contributed by atoms with Gasteiger partial charge in [0.05, 0.1) is 24.1 Å². The lowest BCUT2D eigenvalue weighted by Gasteiger charge is -2.22. The molecular formula is C14H12ClFN2O3. The summed E-state index contributed by atoms with van der Waals surface area (Å²) in [7, 11) is 1.22. The molecule has 0 amide bonds. The molecule has 0 radical (unpaired) electrons. The van der Waals surface area contributed by atoms with Gasteiger partial charge in [0.15, 0.2) is 0 Å². The molecule has 1 heterocycles. The molecule has 110 valence electrons. The second-order valence-electron chi connectivity index (χ2n) is 4.18. The first-order valence-corrected chi connectivity index (χ1v) is 6.60. The Bertz CT molecular complexity index is 666. The molecule has 2 rings (SSSR count). The van der Waals surface area contributed by atoms with Crippen molar-refractivity contribution >= 4 is 40.5 Å². The standard InChI is InChI=1S/C14H12ClFN2O3/c1-21-14(20)12-4-8(7-19)10-5-9(16)6-11(13(10)18-12)17-3-2-15/h4-6,17-18H,2-3H2,1H3. The summed E-state index contributed by atoms with van der Waals surface area (Å²) in [4.78, 5) is 22.7. The Hall–Kier alpha value is -2.30. The fourth-order valence-electron chi connectivity index (χ4n) is 1.97. The van der Waals surface area contributed by atoms with Gasteiger partial charge in [-0.15, -0.1) is 11.6 Å². The van der Waals surface area contributed by atoms with Crippen LogP contribution in [0.1, 0.15) is 5.56 Å². The Kier molecular flexibility index (Phi) is 4.62. The van der Waals surface area contributed by atoms with Gasteiger partial charge in [0.2, 0.25) is 0 Å². The van der Waals surface area contributed by atoms with Crippen molar-refractivity contribution < 1.29 is 18.7 Å². The number of halogens is 2. The summed E-state index contributed by atoms with van der Waals surface area (Å²) in [5, 5.41) is 5.76. The minimum Gasteiger partial charge on any atom is -0.464 e. The monoisotopic (exact) mass is 310 g/mol. The Labute approximate surface area is 125 Å². The van der Waals surface area contributed by atoms with E-state index < -0.39 is 11.8 Å². The van der Waals surface area contributed by atoms with Crippen LogP contribution in [-0.2, 0) is 14.3 Å². The molecule has 1 aliphatic heterocycles. The first-order chi connectivity index (χ1) is 10.1. The Morgan fingerprint density at radius 3 is 2.90 bits per heavy atom. The zero-order valence-corrected chi connectivity index (χ0v) is 11.9. The zero-order valence-electron chi connectivity index (χ0n) is 11.1. The van der Waals surface area contributed by atoms with Gasteiger partial charge in [-0.05, 0) is 18.2 Å². The van der Waals surface area contributed by atoms with Crippen LogP contribution >= 0.6 is 11.6 Å². The Morgan fingerprint density at radius 2 is 2.29 bits per heavy atom. The van der Waals surface area contributed by atoms with Gasteiger partial charge in [-0.1, -0.05) is 0 Å². The lowest BCUT2D eigenvalue weighted by molar-refractivity contribution is -0.135. The third-order valence-electron chi connectivity index (χ3n) is 2.87. The fraction of sp³-hybridized carbons (Fsp3) is 0.214. The lowest BCUT2D eigenvalue weighted by atomic mass is 9.98. The van der Waals surface area contributed by atoms with Crippen molar-refractivity contribution in [2.24, 2.45) is 0 Å². The highest BCUT2D eigenvalue weighted by Crippen LogP contribution is 2.37. The summed E-state index contributed by atoms with van der Waals surface area (Å²) in [6, 6.07) is 2.44. The first kappa shape index (κ1) is 15.1. The average Bonchev–Trinajstić information content (AvgIpc) is 2.50. The second kappa shape index (κ2) is 6.43. The van der Waals surface area contributed by atoms with Crippen LogP contribution in [-0.4, -0.2) is 31.4 Å². The van der Waals surface area contributed by atoms with Gasteiger partial charge in [-0.25, -0.2) is 14.0 Å². The minimum absolute atomic E-state index is 0.0672. The van der Waals surface area contributed by atoms with E-state index in [9.17, 15) is 14.0 Å². The molecule has 0 spiro atoms. The van der Waals surface area contributed by atoms with Crippen molar-refractivity contribution in [3.8, 4) is 0 Å². The van der Waals surface area contributed by atoms with Crippen LogP contribution < -0.4 is 10.6 Å². The van der Waals surface area contributed by atoms with Crippen LogP contribution in [0.25, 0.3) is 5.57 Å². The van der Waals surface area contributed by atoms with Gasteiger partial charge in [0.1, 0.15) is 17.5 Å². The number of fused-ring (bicyclic) bond motifs is 1. The summed E-state index contributed by atoms with van der Waals surface area (Å²) >= 11 is 5.60. The molecule has 7 heteroatoms. The maximum absolute atomic E-state index is 13.7. The molecule has 2 N–H and O–H groups in total. The summed E-state index contributed by atoms with van der Waals surface area (Å²) in [5.41, 5.74) is 1.26. The van der Waals surface area contributed by atoms with E-state index in [4.69, 9.17) is 11.6 Å². The van der Waals surface area contributed by atoms with E-state index in [1.807, 2.05) is 0 Å². The van der Waals surface area contributed by atoms with Crippen molar-refractivity contribution in [1.29, 1.82) is 0 Å². The molecule has 0 saturated heterocycles. The normalized spacial score (nSPS) is 12.7. The molecule has 0 fully saturated rings. The molecule has 1 aromatic rings. The van der Waals surface area contributed by atoms with E-state index in [1.54, 1.807) is 5.94 Å².